The highest BCUT2D eigenvalue weighted by Crippen LogP contribution is 2.15. The smallest absolute Gasteiger partial charge is 0.251 e. The van der Waals surface area contributed by atoms with E-state index in [0.717, 1.165) is 11.3 Å². The molecule has 21 heavy (non-hydrogen) atoms. The average molecular weight is 352 g/mol. The molecular weight excluding hydrogens is 337 g/mol. The van der Waals surface area contributed by atoms with Crippen molar-refractivity contribution in [1.29, 1.82) is 0 Å². The van der Waals surface area contributed by atoms with E-state index in [9.17, 15) is 9.18 Å². The molecule has 0 aromatic heterocycles. The lowest BCUT2D eigenvalue weighted by Crippen LogP contribution is -2.25. The highest BCUT2D eigenvalue weighted by molar-refractivity contribution is 9.10. The first kappa shape index (κ1) is 15.5. The Morgan fingerprint density at radius 3 is 2.81 bits per heavy atom. The van der Waals surface area contributed by atoms with Crippen molar-refractivity contribution in [3.05, 3.63) is 63.9 Å². The predicted octanol–water partition coefficient (Wildman–Crippen LogP) is 3.57. The van der Waals surface area contributed by atoms with Crippen molar-refractivity contribution in [2.45, 2.75) is 6.42 Å². The van der Waals surface area contributed by atoms with E-state index in [0.29, 0.717) is 23.0 Å². The van der Waals surface area contributed by atoms with Gasteiger partial charge in [-0.1, -0.05) is 28.1 Å². The van der Waals surface area contributed by atoms with Crippen LogP contribution >= 0.6 is 15.9 Å². The maximum absolute atomic E-state index is 13.2. The minimum atomic E-state index is -0.442. The molecule has 2 aromatic carbocycles. The first-order valence-electron chi connectivity index (χ1n) is 6.45. The monoisotopic (exact) mass is 351 g/mol. The highest BCUT2D eigenvalue weighted by atomic mass is 79.9. The predicted molar refractivity (Wildman–Crippen MR) is 83.1 cm³/mol. The standard InChI is InChI=1S/C16H15BrFNO2/c1-21-15-4-2-3-11(7-15)5-6-19-16(20)12-8-13(17)10-14(18)9-12/h2-4,7-10H,5-6H2,1H3,(H,19,20). The lowest BCUT2D eigenvalue weighted by Gasteiger charge is -2.07. The van der Waals surface area contributed by atoms with Gasteiger partial charge in [-0.25, -0.2) is 4.39 Å². The minimum Gasteiger partial charge on any atom is -0.497 e. The molecule has 1 amide bonds. The Morgan fingerprint density at radius 2 is 2.10 bits per heavy atom. The average Bonchev–Trinajstić information content (AvgIpc) is 2.46. The normalized spacial score (nSPS) is 10.2. The summed E-state index contributed by atoms with van der Waals surface area (Å²) in [6.07, 6.45) is 0.680. The number of amides is 1. The molecular formula is C16H15BrFNO2. The van der Waals surface area contributed by atoms with Gasteiger partial charge in [0.05, 0.1) is 7.11 Å². The summed E-state index contributed by atoms with van der Waals surface area (Å²) in [6.45, 7) is 0.472. The van der Waals surface area contributed by atoms with Crippen LogP contribution in [0.15, 0.2) is 46.9 Å². The van der Waals surface area contributed by atoms with Crippen LogP contribution in [0.25, 0.3) is 0 Å². The van der Waals surface area contributed by atoms with Gasteiger partial charge in [0.25, 0.3) is 5.91 Å². The molecule has 0 atom stereocenters. The van der Waals surface area contributed by atoms with Crippen molar-refractivity contribution >= 4 is 21.8 Å². The van der Waals surface area contributed by atoms with Gasteiger partial charge < -0.3 is 10.1 Å². The lowest BCUT2D eigenvalue weighted by atomic mass is 10.1. The Morgan fingerprint density at radius 1 is 1.29 bits per heavy atom. The fraction of sp³-hybridized carbons (Fsp3) is 0.188. The molecule has 0 saturated heterocycles. The molecule has 0 spiro atoms. The molecule has 0 saturated carbocycles. The molecule has 0 fully saturated rings. The third-order valence-corrected chi connectivity index (χ3v) is 3.42. The van der Waals surface area contributed by atoms with Crippen LogP contribution in [0.2, 0.25) is 0 Å². The molecule has 2 rings (SSSR count). The SMILES string of the molecule is COc1cccc(CCNC(=O)c2cc(F)cc(Br)c2)c1. The fourth-order valence-electron chi connectivity index (χ4n) is 1.94. The number of rotatable bonds is 5. The second-order valence-corrected chi connectivity index (χ2v) is 5.43. The summed E-state index contributed by atoms with van der Waals surface area (Å²) in [4.78, 5) is 11.9. The quantitative estimate of drug-likeness (QED) is 0.894. The number of halogens is 2. The van der Waals surface area contributed by atoms with E-state index in [1.54, 1.807) is 13.2 Å². The van der Waals surface area contributed by atoms with Crippen LogP contribution in [0.4, 0.5) is 4.39 Å². The molecule has 0 radical (unpaired) electrons. The number of methoxy groups -OCH3 is 1. The lowest BCUT2D eigenvalue weighted by molar-refractivity contribution is 0.0953. The molecule has 3 nitrogen and oxygen atoms in total. The second-order valence-electron chi connectivity index (χ2n) is 4.52. The second kappa shape index (κ2) is 7.22. The van der Waals surface area contributed by atoms with Crippen LogP contribution in [-0.4, -0.2) is 19.6 Å². The Hall–Kier alpha value is -1.88. The van der Waals surface area contributed by atoms with Gasteiger partial charge in [-0.3, -0.25) is 4.79 Å². The van der Waals surface area contributed by atoms with Crippen LogP contribution in [0.3, 0.4) is 0 Å². The van der Waals surface area contributed by atoms with E-state index in [-0.39, 0.29) is 5.91 Å². The van der Waals surface area contributed by atoms with Crippen molar-refractivity contribution < 1.29 is 13.9 Å². The topological polar surface area (TPSA) is 38.3 Å². The van der Waals surface area contributed by atoms with Gasteiger partial charge in [-0.2, -0.15) is 0 Å². The van der Waals surface area contributed by atoms with Crippen molar-refractivity contribution in [2.75, 3.05) is 13.7 Å². The van der Waals surface area contributed by atoms with E-state index in [2.05, 4.69) is 21.2 Å². The van der Waals surface area contributed by atoms with Crippen molar-refractivity contribution in [3.63, 3.8) is 0 Å². The van der Waals surface area contributed by atoms with E-state index >= 15 is 0 Å². The highest BCUT2D eigenvalue weighted by Gasteiger charge is 2.08. The van der Waals surface area contributed by atoms with Gasteiger partial charge in [0, 0.05) is 16.6 Å². The van der Waals surface area contributed by atoms with Gasteiger partial charge in [0.15, 0.2) is 0 Å². The fourth-order valence-corrected chi connectivity index (χ4v) is 2.40. The molecule has 0 aliphatic rings. The first-order valence-corrected chi connectivity index (χ1v) is 7.25. The molecule has 0 heterocycles. The molecule has 0 aliphatic carbocycles. The Balaban J connectivity index is 1.92. The van der Waals surface area contributed by atoms with Crippen LogP contribution in [-0.2, 0) is 6.42 Å². The number of hydrogen-bond acceptors (Lipinski definition) is 2. The largest absolute Gasteiger partial charge is 0.497 e. The summed E-state index contributed by atoms with van der Waals surface area (Å²) >= 11 is 3.17. The van der Waals surface area contributed by atoms with Gasteiger partial charge in [-0.05, 0) is 42.3 Å². The van der Waals surface area contributed by atoms with E-state index in [1.165, 1.54) is 12.1 Å². The number of benzene rings is 2. The Bertz CT molecular complexity index is 626. The molecule has 0 aliphatic heterocycles. The molecule has 110 valence electrons. The number of carbonyl (C=O) groups is 1. The molecule has 0 bridgehead atoms. The Labute approximate surface area is 131 Å². The molecule has 2 aromatic rings. The molecule has 0 unspecified atom stereocenters. The van der Waals surface area contributed by atoms with Gasteiger partial charge in [0.2, 0.25) is 0 Å². The first-order chi connectivity index (χ1) is 10.1. The summed E-state index contributed by atoms with van der Waals surface area (Å²) in [7, 11) is 1.61. The van der Waals surface area contributed by atoms with Crippen molar-refractivity contribution in [2.24, 2.45) is 0 Å². The summed E-state index contributed by atoms with van der Waals surface area (Å²) in [6, 6.07) is 11.8. The minimum absolute atomic E-state index is 0.293. The van der Waals surface area contributed by atoms with E-state index < -0.39 is 5.82 Å². The number of carbonyl (C=O) groups excluding carboxylic acids is 1. The van der Waals surface area contributed by atoms with Crippen molar-refractivity contribution in [3.8, 4) is 5.75 Å². The van der Waals surface area contributed by atoms with E-state index in [1.807, 2.05) is 24.3 Å². The number of hydrogen-bond donors (Lipinski definition) is 1. The van der Waals surface area contributed by atoms with Crippen LogP contribution in [0, 0.1) is 5.82 Å². The number of ether oxygens (including phenoxy) is 1. The van der Waals surface area contributed by atoms with Crippen LogP contribution < -0.4 is 10.1 Å². The van der Waals surface area contributed by atoms with Gasteiger partial charge in [0.1, 0.15) is 11.6 Å². The zero-order valence-corrected chi connectivity index (χ0v) is 13.1. The number of nitrogens with one attached hydrogen (secondary N) is 1. The zero-order valence-electron chi connectivity index (χ0n) is 11.5. The van der Waals surface area contributed by atoms with Crippen LogP contribution in [0.1, 0.15) is 15.9 Å². The van der Waals surface area contributed by atoms with E-state index in [4.69, 9.17) is 4.74 Å². The summed E-state index contributed by atoms with van der Waals surface area (Å²) in [5.41, 5.74) is 1.36. The third-order valence-electron chi connectivity index (χ3n) is 2.96. The Kier molecular flexibility index (Phi) is 5.33. The molecule has 1 N–H and O–H groups in total. The molecule has 5 heteroatoms. The maximum atomic E-state index is 13.2. The summed E-state index contributed by atoms with van der Waals surface area (Å²) < 4.78 is 18.9. The van der Waals surface area contributed by atoms with Crippen LogP contribution in [0.5, 0.6) is 5.75 Å². The third kappa shape index (κ3) is 4.56. The van der Waals surface area contributed by atoms with Gasteiger partial charge in [-0.15, -0.1) is 0 Å². The maximum Gasteiger partial charge on any atom is 0.251 e. The summed E-state index contributed by atoms with van der Waals surface area (Å²) in [5.74, 6) is 0.0494. The van der Waals surface area contributed by atoms with Crippen molar-refractivity contribution in [1.82, 2.24) is 5.32 Å². The summed E-state index contributed by atoms with van der Waals surface area (Å²) in [5, 5.41) is 2.77. The zero-order chi connectivity index (χ0) is 15.2. The van der Waals surface area contributed by atoms with Gasteiger partial charge >= 0.3 is 0 Å².